The molecular weight excluding hydrogens is 328 g/mol. The number of carbonyl (C=O) groups excluding carboxylic acids is 1. The highest BCUT2D eigenvalue weighted by molar-refractivity contribution is 5.79. The third-order valence-electron chi connectivity index (χ3n) is 5.56. The maximum Gasteiger partial charge on any atom is 0.240 e. The number of fused-ring (bicyclic) bond motifs is 1. The topological polar surface area (TPSA) is 62.5 Å². The molecule has 26 heavy (non-hydrogen) atoms. The Kier molecular flexibility index (Phi) is 5.02. The molecule has 0 saturated carbocycles. The fourth-order valence-electron chi connectivity index (χ4n) is 3.97. The highest BCUT2D eigenvalue weighted by Crippen LogP contribution is 2.25. The zero-order valence-electron chi connectivity index (χ0n) is 15.4. The van der Waals surface area contributed by atoms with Crippen LogP contribution in [0, 0.1) is 5.92 Å². The van der Waals surface area contributed by atoms with Crippen molar-refractivity contribution in [3.63, 3.8) is 0 Å². The molecule has 4 rings (SSSR count). The van der Waals surface area contributed by atoms with Crippen LogP contribution in [0.3, 0.4) is 0 Å². The summed E-state index contributed by atoms with van der Waals surface area (Å²) in [7, 11) is 0. The fourth-order valence-corrected chi connectivity index (χ4v) is 3.97. The molecule has 1 aromatic carbocycles. The number of likely N-dealkylation sites (tertiary alicyclic amines) is 1. The summed E-state index contributed by atoms with van der Waals surface area (Å²) in [4.78, 5) is 21.7. The Morgan fingerprint density at radius 2 is 1.96 bits per heavy atom. The average molecular weight is 354 g/mol. The Labute approximate surface area is 154 Å². The monoisotopic (exact) mass is 354 g/mol. The molecule has 3 heterocycles. The smallest absolute Gasteiger partial charge is 0.240 e. The summed E-state index contributed by atoms with van der Waals surface area (Å²) in [6.45, 7) is 6.12. The standard InChI is InChI=1S/C20H26N4O2/c1-2-18-21-19(26-22-18)14-23-10-7-16(8-11-23)20(25)24-12-9-15-5-3-4-6-17(15)13-24/h3-6,16H,2,7-14H2,1H3. The van der Waals surface area contributed by atoms with E-state index < -0.39 is 0 Å². The lowest BCUT2D eigenvalue weighted by Crippen LogP contribution is -2.44. The number of hydrogen-bond acceptors (Lipinski definition) is 5. The van der Waals surface area contributed by atoms with Gasteiger partial charge in [0, 0.05) is 25.4 Å². The summed E-state index contributed by atoms with van der Waals surface area (Å²) >= 11 is 0. The van der Waals surface area contributed by atoms with E-state index in [0.29, 0.717) is 18.3 Å². The third kappa shape index (κ3) is 3.65. The summed E-state index contributed by atoms with van der Waals surface area (Å²) in [5, 5.41) is 3.95. The lowest BCUT2D eigenvalue weighted by molar-refractivity contribution is -0.138. The minimum Gasteiger partial charge on any atom is -0.338 e. The Hall–Kier alpha value is -2.21. The van der Waals surface area contributed by atoms with Crippen LogP contribution in [0.25, 0.3) is 0 Å². The van der Waals surface area contributed by atoms with Gasteiger partial charge in [0.1, 0.15) is 0 Å². The van der Waals surface area contributed by atoms with Crippen molar-refractivity contribution in [1.29, 1.82) is 0 Å². The van der Waals surface area contributed by atoms with E-state index in [4.69, 9.17) is 4.52 Å². The van der Waals surface area contributed by atoms with Crippen LogP contribution in [0.5, 0.6) is 0 Å². The van der Waals surface area contributed by atoms with Crippen molar-refractivity contribution in [3.05, 3.63) is 47.1 Å². The number of amides is 1. The zero-order chi connectivity index (χ0) is 17.9. The molecule has 0 unspecified atom stereocenters. The summed E-state index contributed by atoms with van der Waals surface area (Å²) in [6, 6.07) is 8.47. The summed E-state index contributed by atoms with van der Waals surface area (Å²) in [6.07, 6.45) is 3.58. The minimum atomic E-state index is 0.144. The second kappa shape index (κ2) is 7.58. The number of rotatable bonds is 4. The van der Waals surface area contributed by atoms with Gasteiger partial charge in [-0.3, -0.25) is 9.69 Å². The summed E-state index contributed by atoms with van der Waals surface area (Å²) < 4.78 is 5.28. The van der Waals surface area contributed by atoms with Gasteiger partial charge in [0.25, 0.3) is 0 Å². The van der Waals surface area contributed by atoms with Gasteiger partial charge in [-0.25, -0.2) is 0 Å². The zero-order valence-corrected chi connectivity index (χ0v) is 15.4. The lowest BCUT2D eigenvalue weighted by atomic mass is 9.93. The van der Waals surface area contributed by atoms with E-state index in [1.807, 2.05) is 11.8 Å². The molecule has 138 valence electrons. The van der Waals surface area contributed by atoms with Crippen LogP contribution in [-0.2, 0) is 30.7 Å². The van der Waals surface area contributed by atoms with Crippen molar-refractivity contribution in [2.24, 2.45) is 5.92 Å². The van der Waals surface area contributed by atoms with Crippen molar-refractivity contribution < 1.29 is 9.32 Å². The van der Waals surface area contributed by atoms with Gasteiger partial charge in [-0.05, 0) is 43.5 Å². The van der Waals surface area contributed by atoms with Gasteiger partial charge in [0.05, 0.1) is 6.54 Å². The van der Waals surface area contributed by atoms with Gasteiger partial charge in [0.15, 0.2) is 5.82 Å². The number of carbonyl (C=O) groups is 1. The predicted octanol–water partition coefficient (Wildman–Crippen LogP) is 2.43. The van der Waals surface area contributed by atoms with Crippen molar-refractivity contribution in [1.82, 2.24) is 19.9 Å². The van der Waals surface area contributed by atoms with Gasteiger partial charge in [-0.15, -0.1) is 0 Å². The normalized spacial score (nSPS) is 18.7. The number of hydrogen-bond donors (Lipinski definition) is 0. The first kappa shape index (κ1) is 17.2. The molecule has 0 aliphatic carbocycles. The van der Waals surface area contributed by atoms with E-state index >= 15 is 0 Å². The number of aryl methyl sites for hydroxylation is 1. The molecule has 0 atom stereocenters. The van der Waals surface area contributed by atoms with E-state index in [2.05, 4.69) is 39.3 Å². The lowest BCUT2D eigenvalue weighted by Gasteiger charge is -2.35. The molecule has 6 nitrogen and oxygen atoms in total. The van der Waals surface area contributed by atoms with Crippen LogP contribution in [0.1, 0.15) is 42.6 Å². The minimum absolute atomic E-state index is 0.144. The Morgan fingerprint density at radius 1 is 1.19 bits per heavy atom. The molecule has 2 aromatic rings. The van der Waals surface area contributed by atoms with Crippen molar-refractivity contribution in [2.45, 2.75) is 45.7 Å². The van der Waals surface area contributed by atoms with Gasteiger partial charge in [0.2, 0.25) is 11.8 Å². The Morgan fingerprint density at radius 3 is 2.69 bits per heavy atom. The fraction of sp³-hybridized carbons (Fsp3) is 0.550. The van der Waals surface area contributed by atoms with Gasteiger partial charge in [-0.2, -0.15) is 4.98 Å². The Bertz CT molecular complexity index is 765. The molecule has 0 radical (unpaired) electrons. The van der Waals surface area contributed by atoms with Crippen LogP contribution in [-0.4, -0.2) is 45.5 Å². The van der Waals surface area contributed by atoms with Crippen molar-refractivity contribution in [2.75, 3.05) is 19.6 Å². The molecule has 1 fully saturated rings. The molecule has 1 aromatic heterocycles. The van der Waals surface area contributed by atoms with Crippen LogP contribution in [0.15, 0.2) is 28.8 Å². The summed E-state index contributed by atoms with van der Waals surface area (Å²) in [5.41, 5.74) is 2.69. The molecule has 6 heteroatoms. The van der Waals surface area contributed by atoms with Crippen molar-refractivity contribution in [3.8, 4) is 0 Å². The molecule has 0 N–H and O–H groups in total. The molecule has 2 aliphatic rings. The van der Waals surface area contributed by atoms with E-state index in [9.17, 15) is 4.79 Å². The average Bonchev–Trinajstić information content (AvgIpc) is 3.15. The SMILES string of the molecule is CCc1noc(CN2CCC(C(=O)N3CCc4ccccc4C3)CC2)n1. The molecule has 1 saturated heterocycles. The Balaban J connectivity index is 1.30. The van der Waals surface area contributed by atoms with Gasteiger partial charge < -0.3 is 9.42 Å². The van der Waals surface area contributed by atoms with Gasteiger partial charge >= 0.3 is 0 Å². The predicted molar refractivity (Wildman–Crippen MR) is 97.2 cm³/mol. The van der Waals surface area contributed by atoms with Crippen LogP contribution in [0.2, 0.25) is 0 Å². The highest BCUT2D eigenvalue weighted by atomic mass is 16.5. The maximum atomic E-state index is 12.9. The molecular formula is C20H26N4O2. The van der Waals surface area contributed by atoms with Crippen LogP contribution >= 0.6 is 0 Å². The van der Waals surface area contributed by atoms with E-state index in [1.54, 1.807) is 0 Å². The molecule has 0 spiro atoms. The molecule has 0 bridgehead atoms. The number of piperidine rings is 1. The number of benzene rings is 1. The van der Waals surface area contributed by atoms with E-state index in [1.165, 1.54) is 11.1 Å². The summed E-state index contributed by atoms with van der Waals surface area (Å²) in [5.74, 6) is 1.91. The van der Waals surface area contributed by atoms with Crippen molar-refractivity contribution >= 4 is 5.91 Å². The first-order valence-corrected chi connectivity index (χ1v) is 9.62. The number of aromatic nitrogens is 2. The van der Waals surface area contributed by atoms with E-state index in [-0.39, 0.29) is 5.92 Å². The van der Waals surface area contributed by atoms with Gasteiger partial charge in [-0.1, -0.05) is 36.3 Å². The molecule has 2 aliphatic heterocycles. The quantitative estimate of drug-likeness (QED) is 0.844. The largest absolute Gasteiger partial charge is 0.338 e. The number of nitrogens with zero attached hydrogens (tertiary/aromatic N) is 4. The first-order chi connectivity index (χ1) is 12.7. The first-order valence-electron chi connectivity index (χ1n) is 9.62. The highest BCUT2D eigenvalue weighted by Gasteiger charge is 2.30. The van der Waals surface area contributed by atoms with Crippen LogP contribution < -0.4 is 0 Å². The molecule has 1 amide bonds. The van der Waals surface area contributed by atoms with Crippen LogP contribution in [0.4, 0.5) is 0 Å². The second-order valence-corrected chi connectivity index (χ2v) is 7.29. The van der Waals surface area contributed by atoms with E-state index in [0.717, 1.165) is 57.7 Å². The third-order valence-corrected chi connectivity index (χ3v) is 5.56. The maximum absolute atomic E-state index is 12.9. The second-order valence-electron chi connectivity index (χ2n) is 7.29.